The molecule has 0 aliphatic heterocycles. The number of hydrogen-bond donors (Lipinski definition) is 1. The summed E-state index contributed by atoms with van der Waals surface area (Å²) in [5.74, 6) is -0.259. The Hall–Kier alpha value is -1.04. The lowest BCUT2D eigenvalue weighted by Crippen LogP contribution is -2.05. The van der Waals surface area contributed by atoms with Crippen molar-refractivity contribution in [1.82, 2.24) is 4.98 Å². The van der Waals surface area contributed by atoms with Crippen LogP contribution in [0.25, 0.3) is 0 Å². The molecule has 0 radical (unpaired) electrons. The highest BCUT2D eigenvalue weighted by molar-refractivity contribution is 7.98. The molecule has 2 heterocycles. The van der Waals surface area contributed by atoms with Gasteiger partial charge in [0.15, 0.2) is 0 Å². The summed E-state index contributed by atoms with van der Waals surface area (Å²) >= 11 is 8.80. The summed E-state index contributed by atoms with van der Waals surface area (Å²) in [5, 5.41) is 9.83. The zero-order valence-corrected chi connectivity index (χ0v) is 12.8. The van der Waals surface area contributed by atoms with Crippen LogP contribution in [0.5, 0.6) is 0 Å². The Morgan fingerprint density at radius 1 is 1.47 bits per heavy atom. The predicted octanol–water partition coefficient (Wildman–Crippen LogP) is 4.40. The largest absolute Gasteiger partial charge is 0.478 e. The van der Waals surface area contributed by atoms with Crippen molar-refractivity contribution >= 4 is 40.7 Å². The number of aryl methyl sites for hydroxylation is 2. The van der Waals surface area contributed by atoms with Gasteiger partial charge in [0.25, 0.3) is 0 Å². The number of carboxylic acid groups (broad SMARTS) is 1. The van der Waals surface area contributed by atoms with E-state index in [1.54, 1.807) is 13.0 Å². The highest BCUT2D eigenvalue weighted by Crippen LogP contribution is 2.31. The normalized spacial score (nSPS) is 10.7. The zero-order chi connectivity index (χ0) is 14.0. The van der Waals surface area contributed by atoms with E-state index in [4.69, 9.17) is 11.6 Å². The number of nitrogens with zero attached hydrogens (tertiary/aromatic N) is 1. The molecule has 0 saturated carbocycles. The molecule has 100 valence electrons. The molecule has 0 aliphatic carbocycles. The third kappa shape index (κ3) is 3.49. The molecule has 0 saturated heterocycles. The van der Waals surface area contributed by atoms with Gasteiger partial charge in [0, 0.05) is 16.3 Å². The molecule has 2 rings (SSSR count). The number of rotatable bonds is 4. The van der Waals surface area contributed by atoms with Gasteiger partial charge in [-0.3, -0.25) is 0 Å². The number of aromatic carboxylic acids is 1. The molecule has 0 aromatic carbocycles. The predicted molar refractivity (Wildman–Crippen MR) is 79.6 cm³/mol. The Labute approximate surface area is 124 Å². The molecule has 0 bridgehead atoms. The molecular formula is C13H12ClNO2S2. The van der Waals surface area contributed by atoms with Crippen LogP contribution in [-0.4, -0.2) is 16.1 Å². The molecule has 1 N–H and O–H groups in total. The van der Waals surface area contributed by atoms with Gasteiger partial charge in [0.2, 0.25) is 0 Å². The molecule has 0 fully saturated rings. The smallest absolute Gasteiger partial charge is 0.338 e. The highest BCUT2D eigenvalue weighted by Gasteiger charge is 2.16. The minimum absolute atomic E-state index is 0.290. The van der Waals surface area contributed by atoms with Crippen molar-refractivity contribution in [3.63, 3.8) is 0 Å². The summed E-state index contributed by atoms with van der Waals surface area (Å²) in [4.78, 5) is 16.7. The Morgan fingerprint density at radius 2 is 2.21 bits per heavy atom. The molecule has 6 heteroatoms. The average Bonchev–Trinajstić information content (AvgIpc) is 2.71. The number of pyridine rings is 1. The lowest BCUT2D eigenvalue weighted by Gasteiger charge is -2.08. The van der Waals surface area contributed by atoms with Crippen LogP contribution in [0.2, 0.25) is 4.34 Å². The van der Waals surface area contributed by atoms with Crippen LogP contribution in [-0.2, 0) is 5.75 Å². The van der Waals surface area contributed by atoms with Crippen LogP contribution in [0.15, 0.2) is 23.2 Å². The molecule has 0 aliphatic rings. The van der Waals surface area contributed by atoms with Gasteiger partial charge in [0.05, 0.1) is 9.90 Å². The highest BCUT2D eigenvalue weighted by atomic mass is 35.5. The van der Waals surface area contributed by atoms with E-state index in [1.807, 2.05) is 19.1 Å². The van der Waals surface area contributed by atoms with Gasteiger partial charge in [-0.2, -0.15) is 0 Å². The van der Waals surface area contributed by atoms with Gasteiger partial charge in [-0.25, -0.2) is 9.78 Å². The topological polar surface area (TPSA) is 50.2 Å². The van der Waals surface area contributed by atoms with Gasteiger partial charge < -0.3 is 5.11 Å². The third-order valence-corrected chi connectivity index (χ3v) is 4.94. The van der Waals surface area contributed by atoms with E-state index >= 15 is 0 Å². The van der Waals surface area contributed by atoms with E-state index in [2.05, 4.69) is 4.98 Å². The van der Waals surface area contributed by atoms with Crippen molar-refractivity contribution in [2.24, 2.45) is 0 Å². The maximum absolute atomic E-state index is 11.3. The fraction of sp³-hybridized carbons (Fsp3) is 0.231. The second-order valence-corrected chi connectivity index (χ2v) is 6.82. The Morgan fingerprint density at radius 3 is 2.79 bits per heavy atom. The van der Waals surface area contributed by atoms with Crippen LogP contribution in [0, 0.1) is 13.8 Å². The van der Waals surface area contributed by atoms with E-state index in [9.17, 15) is 9.90 Å². The SMILES string of the molecule is Cc1cc(C)c(C(=O)O)c(SCc2ccc(Cl)s2)n1. The quantitative estimate of drug-likeness (QED) is 0.850. The fourth-order valence-corrected chi connectivity index (χ4v) is 4.01. The number of thioether (sulfide) groups is 1. The van der Waals surface area contributed by atoms with Crippen LogP contribution >= 0.6 is 34.7 Å². The standard InChI is InChI=1S/C13H12ClNO2S2/c1-7-5-8(2)15-12(11(7)13(16)17)18-6-9-3-4-10(14)19-9/h3-5H,6H2,1-2H3,(H,16,17). The lowest BCUT2D eigenvalue weighted by molar-refractivity contribution is 0.0691. The molecule has 2 aromatic heterocycles. The number of hydrogen-bond acceptors (Lipinski definition) is 4. The van der Waals surface area contributed by atoms with Crippen molar-refractivity contribution in [3.05, 3.63) is 44.2 Å². The molecule has 0 atom stereocenters. The zero-order valence-electron chi connectivity index (χ0n) is 10.4. The first kappa shape index (κ1) is 14.4. The van der Waals surface area contributed by atoms with Gasteiger partial charge in [-0.1, -0.05) is 23.4 Å². The lowest BCUT2D eigenvalue weighted by atomic mass is 10.1. The maximum Gasteiger partial charge on any atom is 0.338 e. The Kier molecular flexibility index (Phi) is 4.50. The van der Waals surface area contributed by atoms with Crippen molar-refractivity contribution < 1.29 is 9.90 Å². The van der Waals surface area contributed by atoms with Gasteiger partial charge in [0.1, 0.15) is 5.03 Å². The Bertz CT molecular complexity index is 625. The summed E-state index contributed by atoms with van der Waals surface area (Å²) < 4.78 is 0.738. The summed E-state index contributed by atoms with van der Waals surface area (Å²) in [7, 11) is 0. The maximum atomic E-state index is 11.3. The van der Waals surface area contributed by atoms with Gasteiger partial charge in [-0.15, -0.1) is 11.3 Å². The molecule has 3 nitrogen and oxygen atoms in total. The van der Waals surface area contributed by atoms with Crippen molar-refractivity contribution in [2.75, 3.05) is 0 Å². The van der Waals surface area contributed by atoms with E-state index in [0.717, 1.165) is 20.5 Å². The Balaban J connectivity index is 2.26. The first-order chi connectivity index (χ1) is 8.97. The van der Waals surface area contributed by atoms with E-state index in [1.165, 1.54) is 23.1 Å². The summed E-state index contributed by atoms with van der Waals surface area (Å²) in [6.07, 6.45) is 0. The number of carboxylic acids is 1. The first-order valence-electron chi connectivity index (χ1n) is 5.56. The summed E-state index contributed by atoms with van der Waals surface area (Å²) in [5.41, 5.74) is 1.86. The van der Waals surface area contributed by atoms with Crippen LogP contribution in [0.3, 0.4) is 0 Å². The minimum atomic E-state index is -0.934. The minimum Gasteiger partial charge on any atom is -0.478 e. The monoisotopic (exact) mass is 313 g/mol. The molecule has 0 amide bonds. The molecular weight excluding hydrogens is 302 g/mol. The number of carbonyl (C=O) groups is 1. The third-order valence-electron chi connectivity index (χ3n) is 2.51. The summed E-state index contributed by atoms with van der Waals surface area (Å²) in [6, 6.07) is 5.58. The van der Waals surface area contributed by atoms with Crippen LogP contribution < -0.4 is 0 Å². The second kappa shape index (κ2) is 5.94. The van der Waals surface area contributed by atoms with E-state index in [-0.39, 0.29) is 0 Å². The average molecular weight is 314 g/mol. The van der Waals surface area contributed by atoms with Crippen molar-refractivity contribution in [1.29, 1.82) is 0 Å². The van der Waals surface area contributed by atoms with Crippen molar-refractivity contribution in [2.45, 2.75) is 24.6 Å². The fourth-order valence-electron chi connectivity index (χ4n) is 1.74. The number of halogens is 1. The van der Waals surface area contributed by atoms with Crippen LogP contribution in [0.4, 0.5) is 0 Å². The molecule has 19 heavy (non-hydrogen) atoms. The molecule has 0 spiro atoms. The molecule has 2 aromatic rings. The van der Waals surface area contributed by atoms with Crippen LogP contribution in [0.1, 0.15) is 26.5 Å². The van der Waals surface area contributed by atoms with E-state index < -0.39 is 5.97 Å². The first-order valence-corrected chi connectivity index (χ1v) is 7.74. The van der Waals surface area contributed by atoms with Gasteiger partial charge in [-0.05, 0) is 37.6 Å². The summed E-state index contributed by atoms with van der Waals surface area (Å²) in [6.45, 7) is 3.66. The van der Waals surface area contributed by atoms with Crippen molar-refractivity contribution in [3.8, 4) is 0 Å². The number of aromatic nitrogens is 1. The number of thiophene rings is 1. The van der Waals surface area contributed by atoms with Gasteiger partial charge >= 0.3 is 5.97 Å². The molecule has 0 unspecified atom stereocenters. The van der Waals surface area contributed by atoms with E-state index in [0.29, 0.717) is 16.3 Å². The second-order valence-electron chi connectivity index (χ2n) is 4.06.